The Morgan fingerprint density at radius 1 is 1.16 bits per heavy atom. The van der Waals surface area contributed by atoms with Gasteiger partial charge in [-0.3, -0.25) is 4.79 Å². The molecular weight excluding hydrogens is 444 g/mol. The van der Waals surface area contributed by atoms with Crippen LogP contribution < -0.4 is 10.2 Å². The molecule has 0 aliphatic carbocycles. The quantitative estimate of drug-likeness (QED) is 0.567. The van der Waals surface area contributed by atoms with Crippen molar-refractivity contribution >= 4 is 33.0 Å². The van der Waals surface area contributed by atoms with Gasteiger partial charge in [0, 0.05) is 43.3 Å². The number of benzene rings is 1. The number of sulfonamides is 1. The number of amides is 1. The lowest BCUT2D eigenvalue weighted by molar-refractivity contribution is 0.0942. The van der Waals surface area contributed by atoms with Crippen LogP contribution in [0.1, 0.15) is 48.0 Å². The second-order valence-electron chi connectivity index (χ2n) is 8.17. The first-order chi connectivity index (χ1) is 15.3. The van der Waals surface area contributed by atoms with E-state index >= 15 is 0 Å². The summed E-state index contributed by atoms with van der Waals surface area (Å²) in [6.07, 6.45) is 2.14. The van der Waals surface area contributed by atoms with Crippen molar-refractivity contribution in [2.75, 3.05) is 51.7 Å². The number of hydrogen-bond acceptors (Lipinski definition) is 6. The van der Waals surface area contributed by atoms with Crippen LogP contribution in [0.4, 0.5) is 5.69 Å². The number of nitrogens with one attached hydrogen (secondary N) is 1. The van der Waals surface area contributed by atoms with E-state index in [1.54, 1.807) is 29.5 Å². The molecule has 0 saturated carbocycles. The van der Waals surface area contributed by atoms with E-state index in [0.717, 1.165) is 31.6 Å². The van der Waals surface area contributed by atoms with Crippen LogP contribution in [0.2, 0.25) is 0 Å². The van der Waals surface area contributed by atoms with E-state index in [1.807, 2.05) is 39.4 Å². The predicted molar refractivity (Wildman–Crippen MR) is 131 cm³/mol. The van der Waals surface area contributed by atoms with Crippen molar-refractivity contribution in [2.45, 2.75) is 37.6 Å². The highest BCUT2D eigenvalue weighted by Gasteiger charge is 2.27. The smallest absolute Gasteiger partial charge is 0.253 e. The van der Waals surface area contributed by atoms with Crippen LogP contribution in [0.25, 0.3) is 0 Å². The molecular formula is C23H34N4O3S2. The lowest BCUT2D eigenvalue weighted by Gasteiger charge is -2.26. The average molecular weight is 479 g/mol. The fraction of sp³-hybridized carbons (Fsp3) is 0.522. The minimum Gasteiger partial charge on any atom is -0.371 e. The van der Waals surface area contributed by atoms with Gasteiger partial charge in [0.1, 0.15) is 0 Å². The first-order valence-electron chi connectivity index (χ1n) is 11.2. The molecule has 1 atom stereocenters. The number of anilines is 1. The molecule has 0 radical (unpaired) electrons. The third-order valence-corrected chi connectivity index (χ3v) is 8.97. The molecule has 7 nitrogen and oxygen atoms in total. The molecule has 0 bridgehead atoms. The standard InChI is InChI=1S/C23H34N4O3S2/c1-5-27(6-2)32(29,30)18-11-12-20(26-13-7-8-14-26)19(16-18)23(28)24-17-21(25(3)4)22-10-9-15-31-22/h9-12,15-16,21H,5-8,13-14,17H2,1-4H3,(H,24,28). The van der Waals surface area contributed by atoms with Gasteiger partial charge in [0.25, 0.3) is 5.91 Å². The fourth-order valence-corrected chi connectivity index (χ4v) is 6.51. The van der Waals surface area contributed by atoms with E-state index in [1.165, 1.54) is 9.18 Å². The van der Waals surface area contributed by atoms with Crippen molar-refractivity contribution in [3.05, 3.63) is 46.2 Å². The zero-order valence-corrected chi connectivity index (χ0v) is 21.0. The normalized spacial score (nSPS) is 15.5. The summed E-state index contributed by atoms with van der Waals surface area (Å²) in [5.41, 5.74) is 1.22. The molecule has 1 fully saturated rings. The third kappa shape index (κ3) is 5.33. The summed E-state index contributed by atoms with van der Waals surface area (Å²) in [5, 5.41) is 5.09. The molecule has 1 saturated heterocycles. The lowest BCUT2D eigenvalue weighted by Crippen LogP contribution is -2.35. The molecule has 2 heterocycles. The highest BCUT2D eigenvalue weighted by molar-refractivity contribution is 7.89. The van der Waals surface area contributed by atoms with Crippen molar-refractivity contribution in [2.24, 2.45) is 0 Å². The first kappa shape index (κ1) is 24.7. The van der Waals surface area contributed by atoms with E-state index in [4.69, 9.17) is 0 Å². The molecule has 1 aliphatic heterocycles. The molecule has 1 aromatic heterocycles. The summed E-state index contributed by atoms with van der Waals surface area (Å²) >= 11 is 1.66. The van der Waals surface area contributed by atoms with Gasteiger partial charge in [0.2, 0.25) is 10.0 Å². The molecule has 1 unspecified atom stereocenters. The van der Waals surface area contributed by atoms with Gasteiger partial charge in [-0.05, 0) is 56.6 Å². The zero-order valence-electron chi connectivity index (χ0n) is 19.4. The minimum absolute atomic E-state index is 0.0526. The molecule has 1 amide bonds. The van der Waals surface area contributed by atoms with Crippen molar-refractivity contribution in [3.8, 4) is 0 Å². The van der Waals surface area contributed by atoms with Crippen LogP contribution in [-0.4, -0.2) is 70.3 Å². The van der Waals surface area contributed by atoms with Gasteiger partial charge in [-0.1, -0.05) is 19.9 Å². The molecule has 2 aromatic rings. The lowest BCUT2D eigenvalue weighted by atomic mass is 10.1. The van der Waals surface area contributed by atoms with Crippen LogP contribution >= 0.6 is 11.3 Å². The average Bonchev–Trinajstić information content (AvgIpc) is 3.48. The fourth-order valence-electron chi connectivity index (χ4n) is 4.11. The SMILES string of the molecule is CCN(CC)S(=O)(=O)c1ccc(N2CCCC2)c(C(=O)NCC(c2cccs2)N(C)C)c1. The van der Waals surface area contributed by atoms with Gasteiger partial charge in [-0.15, -0.1) is 11.3 Å². The minimum atomic E-state index is -3.65. The maximum Gasteiger partial charge on any atom is 0.253 e. The number of thiophene rings is 1. The van der Waals surface area contributed by atoms with Crippen molar-refractivity contribution in [1.82, 2.24) is 14.5 Å². The Labute approximate surface area is 196 Å². The second-order valence-corrected chi connectivity index (χ2v) is 11.1. The third-order valence-electron chi connectivity index (χ3n) is 5.95. The van der Waals surface area contributed by atoms with Gasteiger partial charge < -0.3 is 15.1 Å². The largest absolute Gasteiger partial charge is 0.371 e. The number of hydrogen-bond donors (Lipinski definition) is 1. The number of carbonyl (C=O) groups is 1. The highest BCUT2D eigenvalue weighted by atomic mass is 32.2. The van der Waals surface area contributed by atoms with Crippen LogP contribution in [0.3, 0.4) is 0 Å². The second kappa shape index (κ2) is 10.8. The number of rotatable bonds is 10. The van der Waals surface area contributed by atoms with Gasteiger partial charge in [-0.2, -0.15) is 4.31 Å². The Hall–Kier alpha value is -1.94. The van der Waals surface area contributed by atoms with E-state index in [2.05, 4.69) is 21.2 Å². The monoisotopic (exact) mass is 478 g/mol. The van der Waals surface area contributed by atoms with Crippen molar-refractivity contribution in [1.29, 1.82) is 0 Å². The topological polar surface area (TPSA) is 73.0 Å². The Kier molecular flexibility index (Phi) is 8.32. The van der Waals surface area contributed by atoms with Gasteiger partial charge in [0.15, 0.2) is 0 Å². The molecule has 1 aromatic carbocycles. The molecule has 3 rings (SSSR count). The Morgan fingerprint density at radius 3 is 2.41 bits per heavy atom. The number of nitrogens with zero attached hydrogens (tertiary/aromatic N) is 3. The summed E-state index contributed by atoms with van der Waals surface area (Å²) in [6, 6.07) is 9.09. The van der Waals surface area contributed by atoms with Crippen LogP contribution in [0.15, 0.2) is 40.6 Å². The van der Waals surface area contributed by atoms with E-state index in [0.29, 0.717) is 25.2 Å². The highest BCUT2D eigenvalue weighted by Crippen LogP contribution is 2.29. The van der Waals surface area contributed by atoms with Crippen LogP contribution in [-0.2, 0) is 10.0 Å². The maximum absolute atomic E-state index is 13.3. The van der Waals surface area contributed by atoms with Gasteiger partial charge in [0.05, 0.1) is 16.5 Å². The summed E-state index contributed by atoms with van der Waals surface area (Å²) in [4.78, 5) is 18.9. The van der Waals surface area contributed by atoms with Crippen molar-refractivity contribution < 1.29 is 13.2 Å². The molecule has 1 N–H and O–H groups in total. The van der Waals surface area contributed by atoms with Crippen molar-refractivity contribution in [3.63, 3.8) is 0 Å². The predicted octanol–water partition coefficient (Wildman–Crippen LogP) is 3.41. The van der Waals surface area contributed by atoms with Gasteiger partial charge >= 0.3 is 0 Å². The summed E-state index contributed by atoms with van der Waals surface area (Å²) < 4.78 is 27.6. The van der Waals surface area contributed by atoms with Gasteiger partial charge in [-0.25, -0.2) is 8.42 Å². The number of likely N-dealkylation sites (N-methyl/N-ethyl adjacent to an activating group) is 1. The maximum atomic E-state index is 13.3. The molecule has 176 valence electrons. The van der Waals surface area contributed by atoms with E-state index < -0.39 is 10.0 Å². The Balaban J connectivity index is 1.92. The van der Waals surface area contributed by atoms with E-state index in [9.17, 15) is 13.2 Å². The molecule has 0 spiro atoms. The molecule has 1 aliphatic rings. The number of carbonyl (C=O) groups excluding carboxylic acids is 1. The van der Waals surface area contributed by atoms with Crippen LogP contribution in [0.5, 0.6) is 0 Å². The Morgan fingerprint density at radius 2 is 1.84 bits per heavy atom. The summed E-state index contributed by atoms with van der Waals surface area (Å²) in [5.74, 6) is -0.244. The molecule has 32 heavy (non-hydrogen) atoms. The summed E-state index contributed by atoms with van der Waals surface area (Å²) in [7, 11) is 0.330. The summed E-state index contributed by atoms with van der Waals surface area (Å²) in [6.45, 7) is 6.60. The first-order valence-corrected chi connectivity index (χ1v) is 13.5. The molecule has 9 heteroatoms. The van der Waals surface area contributed by atoms with Crippen LogP contribution in [0, 0.1) is 0 Å². The van der Waals surface area contributed by atoms with E-state index in [-0.39, 0.29) is 16.8 Å². The zero-order chi connectivity index (χ0) is 23.3. The Bertz CT molecular complexity index is 996.